The molecule has 3 N–H and O–H groups in total. The standard InChI is InChI=1S/C13H13BrN2OS/c1-8(12-3-2-6-18-12)16-13(17)10-7-9(14)4-5-11(10)15/h2-8H,15H2,1H3,(H,16,17)/t8-/m1/s1. The molecule has 0 spiro atoms. The van der Waals surface area contributed by atoms with Crippen molar-refractivity contribution in [1.82, 2.24) is 5.32 Å². The Hall–Kier alpha value is -1.33. The summed E-state index contributed by atoms with van der Waals surface area (Å²) in [7, 11) is 0. The molecule has 1 amide bonds. The average molecular weight is 325 g/mol. The van der Waals surface area contributed by atoms with Crippen molar-refractivity contribution >= 4 is 38.9 Å². The number of anilines is 1. The Kier molecular flexibility index (Phi) is 4.04. The van der Waals surface area contributed by atoms with Crippen LogP contribution in [0.4, 0.5) is 5.69 Å². The van der Waals surface area contributed by atoms with Crippen LogP contribution in [0.1, 0.15) is 28.2 Å². The second kappa shape index (κ2) is 5.54. The molecule has 18 heavy (non-hydrogen) atoms. The molecule has 0 bridgehead atoms. The SMILES string of the molecule is C[C@@H](NC(=O)c1cc(Br)ccc1N)c1cccs1. The minimum absolute atomic E-state index is 0.0177. The maximum atomic E-state index is 12.1. The van der Waals surface area contributed by atoms with Crippen LogP contribution >= 0.6 is 27.3 Å². The molecule has 5 heteroatoms. The number of carbonyl (C=O) groups excluding carboxylic acids is 1. The first kappa shape index (κ1) is 13.1. The average Bonchev–Trinajstić information content (AvgIpc) is 2.85. The number of thiophene rings is 1. The summed E-state index contributed by atoms with van der Waals surface area (Å²) in [4.78, 5) is 13.2. The van der Waals surface area contributed by atoms with Crippen LogP contribution in [0.5, 0.6) is 0 Å². The summed E-state index contributed by atoms with van der Waals surface area (Å²) in [6.07, 6.45) is 0. The van der Waals surface area contributed by atoms with E-state index in [0.717, 1.165) is 9.35 Å². The predicted molar refractivity (Wildman–Crippen MR) is 78.8 cm³/mol. The lowest BCUT2D eigenvalue weighted by molar-refractivity contribution is 0.0941. The Bertz CT molecular complexity index is 554. The molecule has 0 aliphatic carbocycles. The van der Waals surface area contributed by atoms with Gasteiger partial charge in [-0.05, 0) is 36.6 Å². The third kappa shape index (κ3) is 2.91. The molecule has 0 unspecified atom stereocenters. The van der Waals surface area contributed by atoms with E-state index < -0.39 is 0 Å². The molecule has 3 nitrogen and oxygen atoms in total. The number of rotatable bonds is 3. The molecule has 94 valence electrons. The Labute approximate surface area is 118 Å². The zero-order valence-corrected chi connectivity index (χ0v) is 12.2. The van der Waals surface area contributed by atoms with E-state index in [1.165, 1.54) is 0 Å². The van der Waals surface area contributed by atoms with Gasteiger partial charge in [-0.1, -0.05) is 22.0 Å². The molecule has 0 fully saturated rings. The first-order chi connectivity index (χ1) is 8.58. The van der Waals surface area contributed by atoms with Gasteiger partial charge < -0.3 is 11.1 Å². The largest absolute Gasteiger partial charge is 0.398 e. The van der Waals surface area contributed by atoms with Gasteiger partial charge in [0.25, 0.3) is 5.91 Å². The van der Waals surface area contributed by atoms with Crippen LogP contribution in [0.2, 0.25) is 0 Å². The van der Waals surface area contributed by atoms with Crippen LogP contribution in [0.3, 0.4) is 0 Å². The summed E-state index contributed by atoms with van der Waals surface area (Å²) < 4.78 is 0.839. The molecular formula is C13H13BrN2OS. The third-order valence-electron chi connectivity index (χ3n) is 2.58. The molecule has 0 aliphatic rings. The molecule has 0 saturated carbocycles. The van der Waals surface area contributed by atoms with Gasteiger partial charge >= 0.3 is 0 Å². The second-order valence-corrected chi connectivity index (χ2v) is 5.84. The smallest absolute Gasteiger partial charge is 0.253 e. The van der Waals surface area contributed by atoms with E-state index >= 15 is 0 Å². The fraction of sp³-hybridized carbons (Fsp3) is 0.154. The molecule has 1 aromatic heterocycles. The van der Waals surface area contributed by atoms with Crippen LogP contribution in [0.15, 0.2) is 40.2 Å². The normalized spacial score (nSPS) is 12.1. The fourth-order valence-corrected chi connectivity index (χ4v) is 2.70. The zero-order valence-electron chi connectivity index (χ0n) is 9.81. The Balaban J connectivity index is 2.15. The van der Waals surface area contributed by atoms with E-state index in [0.29, 0.717) is 11.3 Å². The van der Waals surface area contributed by atoms with Crippen molar-refractivity contribution in [3.63, 3.8) is 0 Å². The molecule has 1 heterocycles. The Morgan fingerprint density at radius 3 is 2.89 bits per heavy atom. The third-order valence-corrected chi connectivity index (χ3v) is 4.13. The maximum absolute atomic E-state index is 12.1. The highest BCUT2D eigenvalue weighted by Crippen LogP contribution is 2.21. The lowest BCUT2D eigenvalue weighted by atomic mass is 10.1. The van der Waals surface area contributed by atoms with E-state index in [1.54, 1.807) is 23.5 Å². The highest BCUT2D eigenvalue weighted by molar-refractivity contribution is 9.10. The first-order valence-electron chi connectivity index (χ1n) is 5.47. The maximum Gasteiger partial charge on any atom is 0.253 e. The molecular weight excluding hydrogens is 312 g/mol. The number of amides is 1. The highest BCUT2D eigenvalue weighted by atomic mass is 79.9. The van der Waals surface area contributed by atoms with Crippen molar-refractivity contribution in [1.29, 1.82) is 0 Å². The van der Waals surface area contributed by atoms with Gasteiger partial charge in [0.05, 0.1) is 11.6 Å². The van der Waals surface area contributed by atoms with Gasteiger partial charge in [0.2, 0.25) is 0 Å². The van der Waals surface area contributed by atoms with Crippen LogP contribution in [0.25, 0.3) is 0 Å². The van der Waals surface area contributed by atoms with E-state index in [9.17, 15) is 4.79 Å². The molecule has 2 aromatic rings. The quantitative estimate of drug-likeness (QED) is 0.848. The number of benzene rings is 1. The van der Waals surface area contributed by atoms with E-state index in [1.807, 2.05) is 30.5 Å². The van der Waals surface area contributed by atoms with Gasteiger partial charge in [0, 0.05) is 15.0 Å². The molecule has 0 saturated heterocycles. The van der Waals surface area contributed by atoms with Gasteiger partial charge in [-0.3, -0.25) is 4.79 Å². The van der Waals surface area contributed by atoms with E-state index in [4.69, 9.17) is 5.73 Å². The summed E-state index contributed by atoms with van der Waals surface area (Å²) in [5.41, 5.74) is 6.78. The van der Waals surface area contributed by atoms with E-state index in [2.05, 4.69) is 21.2 Å². The number of hydrogen-bond acceptors (Lipinski definition) is 3. The van der Waals surface area contributed by atoms with Gasteiger partial charge in [-0.25, -0.2) is 0 Å². The molecule has 1 atom stereocenters. The van der Waals surface area contributed by atoms with Crippen LogP contribution < -0.4 is 11.1 Å². The van der Waals surface area contributed by atoms with Crippen LogP contribution in [-0.2, 0) is 0 Å². The Morgan fingerprint density at radius 2 is 2.22 bits per heavy atom. The number of hydrogen-bond donors (Lipinski definition) is 2. The number of halogens is 1. The number of carbonyl (C=O) groups is 1. The minimum atomic E-state index is -0.158. The van der Waals surface area contributed by atoms with Crippen LogP contribution in [-0.4, -0.2) is 5.91 Å². The number of nitrogens with two attached hydrogens (primary N) is 1. The number of nitrogen functional groups attached to an aromatic ring is 1. The van der Waals surface area contributed by atoms with Crippen molar-refractivity contribution in [2.24, 2.45) is 0 Å². The van der Waals surface area contributed by atoms with E-state index in [-0.39, 0.29) is 11.9 Å². The molecule has 0 aliphatic heterocycles. The summed E-state index contributed by atoms with van der Waals surface area (Å²) in [6, 6.07) is 9.21. The Morgan fingerprint density at radius 1 is 1.44 bits per heavy atom. The topological polar surface area (TPSA) is 55.1 Å². The first-order valence-corrected chi connectivity index (χ1v) is 7.14. The zero-order chi connectivity index (χ0) is 13.1. The van der Waals surface area contributed by atoms with Crippen molar-refractivity contribution in [2.45, 2.75) is 13.0 Å². The molecule has 0 radical (unpaired) electrons. The van der Waals surface area contributed by atoms with Crippen molar-refractivity contribution in [3.8, 4) is 0 Å². The summed E-state index contributed by atoms with van der Waals surface area (Å²) in [5, 5.41) is 4.93. The summed E-state index contributed by atoms with van der Waals surface area (Å²) >= 11 is 4.96. The van der Waals surface area contributed by atoms with Gasteiger partial charge in [0.15, 0.2) is 0 Å². The molecule has 2 rings (SSSR count). The fourth-order valence-electron chi connectivity index (χ4n) is 1.61. The number of nitrogens with one attached hydrogen (secondary N) is 1. The van der Waals surface area contributed by atoms with Gasteiger partial charge in [0.1, 0.15) is 0 Å². The minimum Gasteiger partial charge on any atom is -0.398 e. The van der Waals surface area contributed by atoms with Crippen molar-refractivity contribution < 1.29 is 4.79 Å². The molecule has 1 aromatic carbocycles. The van der Waals surface area contributed by atoms with Gasteiger partial charge in [-0.2, -0.15) is 0 Å². The lowest BCUT2D eigenvalue weighted by Crippen LogP contribution is -2.26. The van der Waals surface area contributed by atoms with Crippen LogP contribution in [0, 0.1) is 0 Å². The van der Waals surface area contributed by atoms with Crippen molar-refractivity contribution in [3.05, 3.63) is 50.6 Å². The summed E-state index contributed by atoms with van der Waals surface area (Å²) in [6.45, 7) is 1.96. The highest BCUT2D eigenvalue weighted by Gasteiger charge is 2.14. The lowest BCUT2D eigenvalue weighted by Gasteiger charge is -2.13. The predicted octanol–water partition coefficient (Wildman–Crippen LogP) is 3.58. The summed E-state index contributed by atoms with van der Waals surface area (Å²) in [5.74, 6) is -0.158. The monoisotopic (exact) mass is 324 g/mol. The second-order valence-electron chi connectivity index (χ2n) is 3.94. The van der Waals surface area contributed by atoms with Crippen molar-refractivity contribution in [2.75, 3.05) is 5.73 Å². The van der Waals surface area contributed by atoms with Gasteiger partial charge in [-0.15, -0.1) is 11.3 Å².